The lowest BCUT2D eigenvalue weighted by molar-refractivity contribution is 0.738. The number of aromatic nitrogens is 2. The highest BCUT2D eigenvalue weighted by atomic mass is 15.3. The summed E-state index contributed by atoms with van der Waals surface area (Å²) in [5.74, 6) is 0. The van der Waals surface area contributed by atoms with Gasteiger partial charge in [0.25, 0.3) is 0 Å². The second-order valence-electron chi connectivity index (χ2n) is 5.01. The molecular weight excluding hydrogens is 222 g/mol. The van der Waals surface area contributed by atoms with Gasteiger partial charge in [-0.1, -0.05) is 17.7 Å². The van der Waals surface area contributed by atoms with Crippen molar-refractivity contribution in [2.24, 2.45) is 7.05 Å². The van der Waals surface area contributed by atoms with Gasteiger partial charge in [0.05, 0.1) is 6.20 Å². The Hall–Kier alpha value is -1.77. The maximum Gasteiger partial charge on any atom is 0.0542 e. The van der Waals surface area contributed by atoms with E-state index in [0.29, 0.717) is 0 Å². The number of rotatable bonds is 3. The van der Waals surface area contributed by atoms with Crippen LogP contribution in [0.2, 0.25) is 0 Å². The number of aryl methyl sites for hydroxylation is 4. The molecule has 1 heterocycles. The molecule has 0 amide bonds. The Morgan fingerprint density at radius 2 is 1.72 bits per heavy atom. The minimum Gasteiger partial charge on any atom is -0.380 e. The molecule has 3 nitrogen and oxygen atoms in total. The van der Waals surface area contributed by atoms with Crippen LogP contribution in [0.15, 0.2) is 18.3 Å². The molecule has 0 bridgehead atoms. The first-order chi connectivity index (χ1) is 8.49. The smallest absolute Gasteiger partial charge is 0.0542 e. The summed E-state index contributed by atoms with van der Waals surface area (Å²) in [6, 6.07) is 4.43. The van der Waals surface area contributed by atoms with Gasteiger partial charge in [-0.3, -0.25) is 4.68 Å². The quantitative estimate of drug-likeness (QED) is 0.896. The maximum absolute atomic E-state index is 4.26. The van der Waals surface area contributed by atoms with Crippen molar-refractivity contribution in [3.8, 4) is 0 Å². The molecule has 0 spiro atoms. The summed E-state index contributed by atoms with van der Waals surface area (Å²) in [6.07, 6.45) is 1.93. The minimum absolute atomic E-state index is 0.824. The van der Waals surface area contributed by atoms with Crippen molar-refractivity contribution in [3.63, 3.8) is 0 Å². The summed E-state index contributed by atoms with van der Waals surface area (Å²) < 4.78 is 1.91. The summed E-state index contributed by atoms with van der Waals surface area (Å²) in [4.78, 5) is 0. The molecule has 1 aromatic heterocycles. The molecule has 96 valence electrons. The Kier molecular flexibility index (Phi) is 3.41. The van der Waals surface area contributed by atoms with E-state index in [-0.39, 0.29) is 0 Å². The highest BCUT2D eigenvalue weighted by molar-refractivity contribution is 5.58. The lowest BCUT2D eigenvalue weighted by Crippen LogP contribution is -2.04. The monoisotopic (exact) mass is 243 g/mol. The van der Waals surface area contributed by atoms with Gasteiger partial charge >= 0.3 is 0 Å². The van der Waals surface area contributed by atoms with Gasteiger partial charge in [0, 0.05) is 30.5 Å². The van der Waals surface area contributed by atoms with E-state index in [0.717, 1.165) is 6.54 Å². The first-order valence-electron chi connectivity index (χ1n) is 6.28. The molecular formula is C15H21N3. The zero-order valence-corrected chi connectivity index (χ0v) is 11.8. The predicted molar refractivity (Wildman–Crippen MR) is 75.9 cm³/mol. The number of hydrogen-bond donors (Lipinski definition) is 1. The van der Waals surface area contributed by atoms with Gasteiger partial charge in [-0.2, -0.15) is 5.10 Å². The van der Waals surface area contributed by atoms with Gasteiger partial charge in [-0.15, -0.1) is 0 Å². The van der Waals surface area contributed by atoms with Gasteiger partial charge in [-0.25, -0.2) is 0 Å². The molecule has 0 aliphatic carbocycles. The van der Waals surface area contributed by atoms with E-state index in [2.05, 4.69) is 50.2 Å². The number of nitrogens with zero attached hydrogens (tertiary/aromatic N) is 2. The zero-order valence-electron chi connectivity index (χ0n) is 11.8. The van der Waals surface area contributed by atoms with Crippen LogP contribution < -0.4 is 5.32 Å². The van der Waals surface area contributed by atoms with Crippen LogP contribution in [-0.2, 0) is 13.6 Å². The number of hydrogen-bond acceptors (Lipinski definition) is 2. The van der Waals surface area contributed by atoms with Gasteiger partial charge in [0.2, 0.25) is 0 Å². The third-order valence-electron chi connectivity index (χ3n) is 3.47. The van der Waals surface area contributed by atoms with Crippen molar-refractivity contribution < 1.29 is 0 Å². The molecule has 1 N–H and O–H groups in total. The van der Waals surface area contributed by atoms with Crippen LogP contribution >= 0.6 is 0 Å². The SMILES string of the molecule is Cc1cc(C)c(NCc2cnn(C)c2C)c(C)c1. The van der Waals surface area contributed by atoms with E-state index in [4.69, 9.17) is 0 Å². The van der Waals surface area contributed by atoms with E-state index in [1.165, 1.54) is 33.6 Å². The molecule has 18 heavy (non-hydrogen) atoms. The summed E-state index contributed by atoms with van der Waals surface area (Å²) in [7, 11) is 1.97. The average molecular weight is 243 g/mol. The Balaban J connectivity index is 2.18. The average Bonchev–Trinajstić information content (AvgIpc) is 2.59. The Labute approximate surface area is 109 Å². The lowest BCUT2D eigenvalue weighted by Gasteiger charge is -2.13. The number of nitrogens with one attached hydrogen (secondary N) is 1. The van der Waals surface area contributed by atoms with Crippen LogP contribution in [0, 0.1) is 27.7 Å². The van der Waals surface area contributed by atoms with Crippen LogP contribution in [0.1, 0.15) is 27.9 Å². The molecule has 0 saturated carbocycles. The van der Waals surface area contributed by atoms with Gasteiger partial charge in [0.1, 0.15) is 0 Å². The molecule has 1 aromatic carbocycles. The third-order valence-corrected chi connectivity index (χ3v) is 3.47. The highest BCUT2D eigenvalue weighted by Crippen LogP contribution is 2.22. The Morgan fingerprint density at radius 3 is 2.22 bits per heavy atom. The minimum atomic E-state index is 0.824. The Morgan fingerprint density at radius 1 is 1.11 bits per heavy atom. The molecule has 0 fully saturated rings. The normalized spacial score (nSPS) is 10.7. The predicted octanol–water partition coefficient (Wildman–Crippen LogP) is 3.27. The molecule has 3 heteroatoms. The summed E-state index contributed by atoms with van der Waals surface area (Å²) in [6.45, 7) is 9.36. The molecule has 0 aliphatic rings. The van der Waals surface area contributed by atoms with E-state index in [9.17, 15) is 0 Å². The van der Waals surface area contributed by atoms with E-state index < -0.39 is 0 Å². The Bertz CT molecular complexity index is 544. The van der Waals surface area contributed by atoms with E-state index >= 15 is 0 Å². The molecule has 0 saturated heterocycles. The van der Waals surface area contributed by atoms with E-state index in [1.807, 2.05) is 17.9 Å². The fraction of sp³-hybridized carbons (Fsp3) is 0.400. The van der Waals surface area contributed by atoms with Gasteiger partial charge in [-0.05, 0) is 38.8 Å². The molecule has 2 rings (SSSR count). The third kappa shape index (κ3) is 2.40. The molecule has 0 radical (unpaired) electrons. The molecule has 2 aromatic rings. The van der Waals surface area contributed by atoms with Crippen LogP contribution in [0.5, 0.6) is 0 Å². The van der Waals surface area contributed by atoms with Crippen molar-refractivity contribution >= 4 is 5.69 Å². The van der Waals surface area contributed by atoms with Crippen molar-refractivity contribution in [2.75, 3.05) is 5.32 Å². The van der Waals surface area contributed by atoms with Crippen LogP contribution in [-0.4, -0.2) is 9.78 Å². The van der Waals surface area contributed by atoms with E-state index in [1.54, 1.807) is 0 Å². The standard InChI is InChI=1S/C15H21N3/c1-10-6-11(2)15(12(3)7-10)16-8-14-9-17-18(5)13(14)4/h6-7,9,16H,8H2,1-5H3. The lowest BCUT2D eigenvalue weighted by atomic mass is 10.0. The second-order valence-corrected chi connectivity index (χ2v) is 5.01. The second kappa shape index (κ2) is 4.84. The fourth-order valence-electron chi connectivity index (χ4n) is 2.36. The van der Waals surface area contributed by atoms with Crippen LogP contribution in [0.25, 0.3) is 0 Å². The highest BCUT2D eigenvalue weighted by Gasteiger charge is 2.06. The van der Waals surface area contributed by atoms with Crippen LogP contribution in [0.4, 0.5) is 5.69 Å². The fourth-order valence-corrected chi connectivity index (χ4v) is 2.36. The first kappa shape index (κ1) is 12.7. The topological polar surface area (TPSA) is 29.9 Å². The van der Waals surface area contributed by atoms with Crippen molar-refractivity contribution in [1.29, 1.82) is 0 Å². The molecule has 0 unspecified atom stereocenters. The summed E-state index contributed by atoms with van der Waals surface area (Å²) >= 11 is 0. The van der Waals surface area contributed by atoms with Gasteiger partial charge < -0.3 is 5.32 Å². The van der Waals surface area contributed by atoms with Crippen molar-refractivity contribution in [2.45, 2.75) is 34.2 Å². The number of benzene rings is 1. The summed E-state index contributed by atoms with van der Waals surface area (Å²) in [5.41, 5.74) is 7.61. The maximum atomic E-state index is 4.26. The number of anilines is 1. The first-order valence-corrected chi connectivity index (χ1v) is 6.28. The molecule has 0 aliphatic heterocycles. The van der Waals surface area contributed by atoms with Gasteiger partial charge in [0.15, 0.2) is 0 Å². The van der Waals surface area contributed by atoms with Crippen LogP contribution in [0.3, 0.4) is 0 Å². The zero-order chi connectivity index (χ0) is 13.3. The molecule has 0 atom stereocenters. The largest absolute Gasteiger partial charge is 0.380 e. The van der Waals surface area contributed by atoms with Crippen molar-refractivity contribution in [3.05, 3.63) is 46.3 Å². The summed E-state index contributed by atoms with van der Waals surface area (Å²) in [5, 5.41) is 7.79. The van der Waals surface area contributed by atoms with Crippen molar-refractivity contribution in [1.82, 2.24) is 9.78 Å².